The van der Waals surface area contributed by atoms with E-state index in [1.54, 1.807) is 14.2 Å². The Kier molecular flexibility index (Phi) is 9.98. The zero-order valence-corrected chi connectivity index (χ0v) is 18.9. The molecule has 8 heteroatoms. The van der Waals surface area contributed by atoms with Gasteiger partial charge in [0.05, 0.1) is 19.3 Å². The van der Waals surface area contributed by atoms with E-state index in [1.165, 1.54) is 0 Å². The molecule has 2 rings (SSSR count). The van der Waals surface area contributed by atoms with Gasteiger partial charge >= 0.3 is 0 Å². The van der Waals surface area contributed by atoms with Crippen molar-refractivity contribution in [2.45, 2.75) is 20.3 Å². The summed E-state index contributed by atoms with van der Waals surface area (Å²) in [7, 11) is 5.41. The summed E-state index contributed by atoms with van der Waals surface area (Å²) >= 11 is 0. The summed E-state index contributed by atoms with van der Waals surface area (Å²) in [4.78, 5) is 6.36. The molecule has 0 aliphatic carbocycles. The van der Waals surface area contributed by atoms with E-state index in [0.29, 0.717) is 6.61 Å². The van der Waals surface area contributed by atoms with E-state index in [2.05, 4.69) is 15.5 Å². The van der Waals surface area contributed by atoms with Crippen LogP contribution in [0.15, 0.2) is 33.8 Å². The Bertz CT molecular complexity index is 697. The van der Waals surface area contributed by atoms with Crippen molar-refractivity contribution in [1.29, 1.82) is 0 Å². The number of ether oxygens (including phenoxy) is 2. The van der Waals surface area contributed by atoms with Gasteiger partial charge in [-0.2, -0.15) is 0 Å². The maximum Gasteiger partial charge on any atom is 0.193 e. The monoisotopic (exact) mass is 488 g/mol. The number of aryl methyl sites for hydroxylation is 2. The molecule has 1 N–H and O–H groups in total. The molecule has 0 aliphatic heterocycles. The molecular formula is C19H29IN4O3. The lowest BCUT2D eigenvalue weighted by Crippen LogP contribution is -2.41. The molecule has 27 heavy (non-hydrogen) atoms. The van der Waals surface area contributed by atoms with Crippen LogP contribution in [0, 0.1) is 13.8 Å². The van der Waals surface area contributed by atoms with Crippen LogP contribution in [0.4, 0.5) is 0 Å². The van der Waals surface area contributed by atoms with Crippen LogP contribution < -0.4 is 14.8 Å². The van der Waals surface area contributed by atoms with Gasteiger partial charge in [-0.05, 0) is 44.5 Å². The molecule has 0 radical (unpaired) electrons. The Labute approximate surface area is 178 Å². The summed E-state index contributed by atoms with van der Waals surface area (Å²) in [6.07, 6.45) is 0.844. The number of hydrogen-bond donors (Lipinski definition) is 1. The highest BCUT2D eigenvalue weighted by atomic mass is 127. The second kappa shape index (κ2) is 11.7. The molecular weight excluding hydrogens is 459 g/mol. The molecule has 0 fully saturated rings. The third-order valence-corrected chi connectivity index (χ3v) is 4.17. The lowest BCUT2D eigenvalue weighted by Gasteiger charge is -2.22. The van der Waals surface area contributed by atoms with Gasteiger partial charge in [0.2, 0.25) is 0 Å². The highest BCUT2D eigenvalue weighted by Gasteiger charge is 2.10. The molecule has 1 aromatic carbocycles. The van der Waals surface area contributed by atoms with Crippen LogP contribution in [0.25, 0.3) is 0 Å². The van der Waals surface area contributed by atoms with Gasteiger partial charge in [0.1, 0.15) is 23.9 Å². The van der Waals surface area contributed by atoms with Crippen molar-refractivity contribution in [2.75, 3.05) is 40.9 Å². The fourth-order valence-corrected chi connectivity index (χ4v) is 2.62. The molecule has 0 unspecified atom stereocenters. The lowest BCUT2D eigenvalue weighted by atomic mass is 10.1. The van der Waals surface area contributed by atoms with Gasteiger partial charge in [-0.3, -0.25) is 4.99 Å². The van der Waals surface area contributed by atoms with Crippen LogP contribution in [-0.4, -0.2) is 56.9 Å². The van der Waals surface area contributed by atoms with Crippen molar-refractivity contribution in [2.24, 2.45) is 4.99 Å². The number of nitrogens with one attached hydrogen (secondary N) is 1. The molecule has 0 aliphatic rings. The van der Waals surface area contributed by atoms with Gasteiger partial charge in [-0.25, -0.2) is 0 Å². The van der Waals surface area contributed by atoms with Crippen molar-refractivity contribution < 1.29 is 14.0 Å². The number of methoxy groups -OCH3 is 1. The van der Waals surface area contributed by atoms with Crippen LogP contribution in [0.5, 0.6) is 11.5 Å². The number of halogens is 1. The summed E-state index contributed by atoms with van der Waals surface area (Å²) < 4.78 is 16.1. The smallest absolute Gasteiger partial charge is 0.193 e. The third-order valence-electron chi connectivity index (χ3n) is 4.17. The third kappa shape index (κ3) is 6.93. The number of benzene rings is 1. The number of likely N-dealkylation sites (N-methyl/N-ethyl adjacent to an activating group) is 1. The molecule has 0 bridgehead atoms. The molecule has 1 aromatic heterocycles. The summed E-state index contributed by atoms with van der Waals surface area (Å²) in [5, 5.41) is 7.34. The average Bonchev–Trinajstić information content (AvgIpc) is 2.97. The molecule has 0 amide bonds. The summed E-state index contributed by atoms with van der Waals surface area (Å²) in [5.74, 6) is 3.34. The highest BCUT2D eigenvalue weighted by molar-refractivity contribution is 14.0. The molecule has 2 aromatic rings. The fraction of sp³-hybridized carbons (Fsp3) is 0.474. The summed E-state index contributed by atoms with van der Waals surface area (Å²) in [5.41, 5.74) is 2.10. The molecule has 0 saturated carbocycles. The van der Waals surface area contributed by atoms with E-state index in [9.17, 15) is 0 Å². The van der Waals surface area contributed by atoms with Gasteiger partial charge in [0.25, 0.3) is 0 Å². The van der Waals surface area contributed by atoms with E-state index in [-0.39, 0.29) is 24.0 Å². The topological polar surface area (TPSA) is 72.1 Å². The Hall–Kier alpha value is -1.97. The normalized spacial score (nSPS) is 10.9. The van der Waals surface area contributed by atoms with Gasteiger partial charge in [-0.15, -0.1) is 24.0 Å². The Morgan fingerprint density at radius 3 is 2.44 bits per heavy atom. The number of hydrogen-bond acceptors (Lipinski definition) is 5. The van der Waals surface area contributed by atoms with Crippen molar-refractivity contribution in [3.63, 3.8) is 0 Å². The molecule has 0 spiro atoms. The van der Waals surface area contributed by atoms with E-state index >= 15 is 0 Å². The Morgan fingerprint density at radius 2 is 1.89 bits per heavy atom. The number of rotatable bonds is 8. The van der Waals surface area contributed by atoms with Gasteiger partial charge in [0, 0.05) is 26.2 Å². The van der Waals surface area contributed by atoms with Gasteiger partial charge in [0.15, 0.2) is 5.96 Å². The first-order chi connectivity index (χ1) is 12.5. The van der Waals surface area contributed by atoms with Gasteiger partial charge < -0.3 is 24.2 Å². The lowest BCUT2D eigenvalue weighted by molar-refractivity contribution is 0.281. The number of guanidine groups is 1. The second-order valence-electron chi connectivity index (χ2n) is 5.97. The SMILES string of the molecule is CN=C(NCCc1c(C)noc1C)N(C)CCOc1ccc(OC)cc1.I. The highest BCUT2D eigenvalue weighted by Crippen LogP contribution is 2.16. The summed E-state index contributed by atoms with van der Waals surface area (Å²) in [6, 6.07) is 7.56. The predicted molar refractivity (Wildman–Crippen MR) is 118 cm³/mol. The molecule has 1 heterocycles. The van der Waals surface area contributed by atoms with E-state index in [0.717, 1.165) is 54.0 Å². The number of nitrogens with zero attached hydrogens (tertiary/aromatic N) is 3. The second-order valence-corrected chi connectivity index (χ2v) is 5.97. The van der Waals surface area contributed by atoms with Crippen LogP contribution >= 0.6 is 24.0 Å². The first kappa shape index (κ1) is 23.1. The first-order valence-electron chi connectivity index (χ1n) is 8.65. The van der Waals surface area contributed by atoms with E-state index in [1.807, 2.05) is 50.1 Å². The van der Waals surface area contributed by atoms with E-state index < -0.39 is 0 Å². The first-order valence-corrected chi connectivity index (χ1v) is 8.65. The van der Waals surface area contributed by atoms with Crippen molar-refractivity contribution in [3.8, 4) is 11.5 Å². The van der Waals surface area contributed by atoms with Crippen LogP contribution in [0.2, 0.25) is 0 Å². The Morgan fingerprint density at radius 1 is 1.22 bits per heavy atom. The van der Waals surface area contributed by atoms with Crippen molar-refractivity contribution in [1.82, 2.24) is 15.4 Å². The minimum atomic E-state index is 0. The fourth-order valence-electron chi connectivity index (χ4n) is 2.62. The quantitative estimate of drug-likeness (QED) is 0.350. The van der Waals surface area contributed by atoms with Gasteiger partial charge in [-0.1, -0.05) is 5.16 Å². The standard InChI is InChI=1S/C19H28N4O3.HI/c1-14-18(15(2)26-22-14)10-11-21-19(20-3)23(4)12-13-25-17-8-6-16(24-5)7-9-17;/h6-9H,10-13H2,1-5H3,(H,20,21);1H. The van der Waals surface area contributed by atoms with Crippen LogP contribution in [0.3, 0.4) is 0 Å². The average molecular weight is 488 g/mol. The minimum absolute atomic E-state index is 0. The Balaban J connectivity index is 0.00000364. The van der Waals surface area contributed by atoms with Crippen molar-refractivity contribution in [3.05, 3.63) is 41.3 Å². The van der Waals surface area contributed by atoms with Crippen LogP contribution in [-0.2, 0) is 6.42 Å². The van der Waals surface area contributed by atoms with E-state index in [4.69, 9.17) is 14.0 Å². The maximum atomic E-state index is 5.76. The number of aromatic nitrogens is 1. The zero-order chi connectivity index (χ0) is 18.9. The summed E-state index contributed by atoms with van der Waals surface area (Å²) in [6.45, 7) is 5.94. The minimum Gasteiger partial charge on any atom is -0.497 e. The zero-order valence-electron chi connectivity index (χ0n) is 16.6. The molecule has 0 atom stereocenters. The molecule has 150 valence electrons. The predicted octanol–water partition coefficient (Wildman–Crippen LogP) is 3.05. The molecule has 7 nitrogen and oxygen atoms in total. The van der Waals surface area contributed by atoms with Crippen molar-refractivity contribution >= 4 is 29.9 Å². The largest absolute Gasteiger partial charge is 0.497 e. The molecule has 0 saturated heterocycles. The number of aliphatic imine (C=N–C) groups is 1. The maximum absolute atomic E-state index is 5.76. The van der Waals surface area contributed by atoms with Crippen LogP contribution in [0.1, 0.15) is 17.0 Å².